The van der Waals surface area contributed by atoms with Crippen LogP contribution in [0.2, 0.25) is 0 Å². The van der Waals surface area contributed by atoms with Gasteiger partial charge in [0.2, 0.25) is 0 Å². The molecule has 0 unspecified atom stereocenters. The van der Waals surface area contributed by atoms with E-state index in [-0.39, 0.29) is 10.9 Å². The molecule has 2 rings (SSSR count). The van der Waals surface area contributed by atoms with Crippen LogP contribution in [-0.4, -0.2) is 64.0 Å². The van der Waals surface area contributed by atoms with Crippen LogP contribution in [0.4, 0.5) is 9.59 Å². The number of rotatable bonds is 5. The van der Waals surface area contributed by atoms with Gasteiger partial charge in [-0.2, -0.15) is 0 Å². The first-order valence-electron chi connectivity index (χ1n) is 9.13. The second kappa shape index (κ2) is 9.07. The van der Waals surface area contributed by atoms with E-state index in [9.17, 15) is 18.0 Å². The number of nitrogens with zero attached hydrogens (tertiary/aromatic N) is 2. The number of urea groups is 2. The minimum absolute atomic E-state index is 0.0546. The molecule has 1 aliphatic rings. The van der Waals surface area contributed by atoms with E-state index in [0.717, 1.165) is 24.0 Å². The highest BCUT2D eigenvalue weighted by Gasteiger charge is 2.23. The molecule has 1 aromatic carbocycles. The predicted molar refractivity (Wildman–Crippen MR) is 103 cm³/mol. The second-order valence-electron chi connectivity index (χ2n) is 6.81. The monoisotopic (exact) mass is 396 g/mol. The van der Waals surface area contributed by atoms with Crippen molar-refractivity contribution in [1.29, 1.82) is 0 Å². The summed E-state index contributed by atoms with van der Waals surface area (Å²) < 4.78 is 27.0. The maximum Gasteiger partial charge on any atom is 0.328 e. The lowest BCUT2D eigenvalue weighted by Gasteiger charge is -2.24. The molecule has 2 N–H and O–H groups in total. The lowest BCUT2D eigenvalue weighted by molar-refractivity contribution is 0.173. The van der Waals surface area contributed by atoms with Crippen LogP contribution in [0.15, 0.2) is 23.1 Å². The van der Waals surface area contributed by atoms with Gasteiger partial charge in [0.05, 0.1) is 4.90 Å². The van der Waals surface area contributed by atoms with Crippen molar-refractivity contribution in [3.63, 3.8) is 0 Å². The Bertz CT molecular complexity index is 793. The van der Waals surface area contributed by atoms with Gasteiger partial charge >= 0.3 is 12.1 Å². The third-order valence-corrected chi connectivity index (χ3v) is 5.81. The summed E-state index contributed by atoms with van der Waals surface area (Å²) in [4.78, 5) is 27.3. The smallest absolute Gasteiger partial charge is 0.328 e. The van der Waals surface area contributed by atoms with Crippen molar-refractivity contribution in [2.45, 2.75) is 37.5 Å². The average Bonchev–Trinajstić information content (AvgIpc) is 2.82. The summed E-state index contributed by atoms with van der Waals surface area (Å²) in [6, 6.07) is 4.09. The van der Waals surface area contributed by atoms with Crippen LogP contribution in [0.3, 0.4) is 0 Å². The molecular formula is C18H28N4O4S. The molecular weight excluding hydrogens is 368 g/mol. The van der Waals surface area contributed by atoms with E-state index in [0.29, 0.717) is 32.5 Å². The third kappa shape index (κ3) is 5.59. The van der Waals surface area contributed by atoms with Gasteiger partial charge in [-0.3, -0.25) is 0 Å². The van der Waals surface area contributed by atoms with Crippen molar-refractivity contribution < 1.29 is 18.0 Å². The Morgan fingerprint density at radius 1 is 1.15 bits per heavy atom. The van der Waals surface area contributed by atoms with E-state index in [1.54, 1.807) is 31.1 Å². The van der Waals surface area contributed by atoms with E-state index in [1.807, 2.05) is 11.6 Å². The number of benzene rings is 1. The summed E-state index contributed by atoms with van der Waals surface area (Å²) in [5.41, 5.74) is 1.91. The Hall–Kier alpha value is -2.29. The Morgan fingerprint density at radius 2 is 1.81 bits per heavy atom. The largest absolute Gasteiger partial charge is 0.337 e. The van der Waals surface area contributed by atoms with Crippen LogP contribution in [0, 0.1) is 0 Å². The van der Waals surface area contributed by atoms with E-state index in [2.05, 4.69) is 5.32 Å². The minimum atomic E-state index is -3.94. The fourth-order valence-electron chi connectivity index (χ4n) is 2.94. The van der Waals surface area contributed by atoms with E-state index in [1.165, 1.54) is 11.0 Å². The van der Waals surface area contributed by atoms with Crippen molar-refractivity contribution in [1.82, 2.24) is 19.8 Å². The highest BCUT2D eigenvalue weighted by Crippen LogP contribution is 2.21. The summed E-state index contributed by atoms with van der Waals surface area (Å²) in [6.45, 7) is 3.53. The summed E-state index contributed by atoms with van der Waals surface area (Å²) in [6.07, 6.45) is 2.93. The van der Waals surface area contributed by atoms with Crippen molar-refractivity contribution in [3.8, 4) is 0 Å². The normalized spacial score (nSPS) is 14.1. The Morgan fingerprint density at radius 3 is 2.44 bits per heavy atom. The van der Waals surface area contributed by atoms with Gasteiger partial charge in [0.15, 0.2) is 0 Å². The van der Waals surface area contributed by atoms with Crippen LogP contribution in [-0.2, 0) is 22.9 Å². The Balaban J connectivity index is 2.10. The van der Waals surface area contributed by atoms with Gasteiger partial charge in [-0.25, -0.2) is 22.7 Å². The molecule has 4 amide bonds. The molecule has 1 aromatic rings. The topological polar surface area (TPSA) is 98.8 Å². The quantitative estimate of drug-likeness (QED) is 0.738. The van der Waals surface area contributed by atoms with Crippen molar-refractivity contribution >= 4 is 22.1 Å². The molecule has 0 spiro atoms. The van der Waals surface area contributed by atoms with E-state index < -0.39 is 16.1 Å². The molecule has 0 aliphatic carbocycles. The molecule has 0 fully saturated rings. The number of sulfonamides is 1. The number of hydrogen-bond donors (Lipinski definition) is 2. The molecule has 0 saturated carbocycles. The number of fused-ring (bicyclic) bond motifs is 1. The molecule has 0 radical (unpaired) electrons. The lowest BCUT2D eigenvalue weighted by atomic mass is 10.0. The highest BCUT2D eigenvalue weighted by molar-refractivity contribution is 7.90. The van der Waals surface area contributed by atoms with Gasteiger partial charge in [0, 0.05) is 33.7 Å². The average molecular weight is 397 g/mol. The van der Waals surface area contributed by atoms with Crippen LogP contribution in [0.25, 0.3) is 0 Å². The number of unbranched alkanes of at least 4 members (excludes halogenated alkanes) is 1. The maximum absolute atomic E-state index is 12.5. The summed E-state index contributed by atoms with van der Waals surface area (Å²) in [5.74, 6) is 0. The van der Waals surface area contributed by atoms with Gasteiger partial charge in [-0.05, 0) is 42.5 Å². The van der Waals surface area contributed by atoms with Crippen LogP contribution in [0.1, 0.15) is 30.9 Å². The molecule has 0 aromatic heterocycles. The predicted octanol–water partition coefficient (Wildman–Crippen LogP) is 1.56. The number of carbonyl (C=O) groups is 2. The zero-order chi connectivity index (χ0) is 20.0. The molecule has 9 heteroatoms. The molecule has 0 saturated heterocycles. The van der Waals surface area contributed by atoms with Gasteiger partial charge in [-0.1, -0.05) is 19.4 Å². The summed E-state index contributed by atoms with van der Waals surface area (Å²) in [5, 5.41) is 2.53. The van der Waals surface area contributed by atoms with Gasteiger partial charge in [0.1, 0.15) is 0 Å². The first kappa shape index (κ1) is 21.0. The Labute approximate surface area is 161 Å². The zero-order valence-electron chi connectivity index (χ0n) is 16.1. The highest BCUT2D eigenvalue weighted by atomic mass is 32.2. The van der Waals surface area contributed by atoms with Crippen LogP contribution >= 0.6 is 0 Å². The number of carbonyl (C=O) groups excluding carboxylic acids is 2. The van der Waals surface area contributed by atoms with Gasteiger partial charge in [-0.15, -0.1) is 0 Å². The van der Waals surface area contributed by atoms with Crippen molar-refractivity contribution in [3.05, 3.63) is 29.3 Å². The molecule has 150 valence electrons. The zero-order valence-corrected chi connectivity index (χ0v) is 16.9. The molecule has 8 nitrogen and oxygen atoms in total. The van der Waals surface area contributed by atoms with Gasteiger partial charge < -0.3 is 15.1 Å². The first-order valence-corrected chi connectivity index (χ1v) is 10.6. The fraction of sp³-hybridized carbons (Fsp3) is 0.556. The number of nitrogens with one attached hydrogen (secondary N) is 2. The second-order valence-corrected chi connectivity index (χ2v) is 8.49. The first-order chi connectivity index (χ1) is 12.7. The van der Waals surface area contributed by atoms with Crippen LogP contribution < -0.4 is 10.0 Å². The fourth-order valence-corrected chi connectivity index (χ4v) is 3.92. The van der Waals surface area contributed by atoms with Crippen molar-refractivity contribution in [2.24, 2.45) is 0 Å². The third-order valence-electron chi connectivity index (χ3n) is 4.49. The molecule has 0 bridgehead atoms. The molecule has 1 heterocycles. The van der Waals surface area contributed by atoms with E-state index in [4.69, 9.17) is 0 Å². The summed E-state index contributed by atoms with van der Waals surface area (Å²) in [7, 11) is -0.515. The van der Waals surface area contributed by atoms with E-state index >= 15 is 0 Å². The standard InChI is InChI=1S/C18H28N4O4S/c1-4-5-10-19-17(23)20-27(25,26)16-7-6-14-8-11-22(18(24)21(2)3)12-9-15(14)13-16/h6-7,13H,4-5,8-12H2,1-3H3,(H2,19,20,23). The lowest BCUT2D eigenvalue weighted by Crippen LogP contribution is -2.40. The number of amides is 4. The molecule has 0 atom stereocenters. The molecule has 27 heavy (non-hydrogen) atoms. The summed E-state index contributed by atoms with van der Waals surface area (Å²) >= 11 is 0. The van der Waals surface area contributed by atoms with Gasteiger partial charge in [0.25, 0.3) is 10.0 Å². The maximum atomic E-state index is 12.5. The SMILES string of the molecule is CCCCNC(=O)NS(=O)(=O)c1ccc2c(c1)CCN(C(=O)N(C)C)CC2. The van der Waals surface area contributed by atoms with Crippen LogP contribution in [0.5, 0.6) is 0 Å². The Kier molecular flexibility index (Phi) is 7.06. The minimum Gasteiger partial charge on any atom is -0.337 e. The van der Waals surface area contributed by atoms with Crippen molar-refractivity contribution in [2.75, 3.05) is 33.7 Å². The number of hydrogen-bond acceptors (Lipinski definition) is 4. The molecule has 1 aliphatic heterocycles.